The minimum atomic E-state index is -4.58. The van der Waals surface area contributed by atoms with Gasteiger partial charge in [0.15, 0.2) is 0 Å². The van der Waals surface area contributed by atoms with Crippen LogP contribution in [0.1, 0.15) is 206 Å². The summed E-state index contributed by atoms with van der Waals surface area (Å²) >= 11 is 0. The second kappa shape index (κ2) is 37.6. The number of phosphoric ester groups is 1. The van der Waals surface area contributed by atoms with E-state index in [4.69, 9.17) is 9.05 Å². The molecule has 0 saturated heterocycles. The Balaban J connectivity index is 4.42. The van der Waals surface area contributed by atoms with Crippen LogP contribution in [0.15, 0.2) is 24.3 Å². The first-order valence-corrected chi connectivity index (χ1v) is 24.2. The molecule has 54 heavy (non-hydrogen) atoms. The Morgan fingerprint density at radius 3 is 1.46 bits per heavy atom. The molecule has 0 saturated carbocycles. The zero-order chi connectivity index (χ0) is 40.0. The van der Waals surface area contributed by atoms with Gasteiger partial charge in [0, 0.05) is 6.42 Å². The first-order valence-electron chi connectivity index (χ1n) is 22.7. The van der Waals surface area contributed by atoms with Gasteiger partial charge in [0.05, 0.1) is 39.9 Å². The fraction of sp³-hybridized carbons (Fsp3) is 0.889. The molecule has 3 unspecified atom stereocenters. The zero-order valence-electron chi connectivity index (χ0n) is 36.2. The fourth-order valence-electron chi connectivity index (χ4n) is 6.50. The maximum absolute atomic E-state index is 12.8. The molecule has 0 aliphatic heterocycles. The lowest BCUT2D eigenvalue weighted by molar-refractivity contribution is -0.870. The Bertz CT molecular complexity index is 938. The molecule has 0 spiro atoms. The highest BCUT2D eigenvalue weighted by molar-refractivity contribution is 7.45. The van der Waals surface area contributed by atoms with Crippen LogP contribution in [0, 0.1) is 0 Å². The highest BCUT2D eigenvalue weighted by atomic mass is 31.2. The number of rotatable bonds is 41. The number of unbranched alkanes of at least 4 members (excludes halogenated alkanes) is 26. The van der Waals surface area contributed by atoms with E-state index in [1.165, 1.54) is 148 Å². The smallest absolute Gasteiger partial charge is 0.268 e. The molecule has 0 fully saturated rings. The van der Waals surface area contributed by atoms with Crippen LogP contribution in [0.4, 0.5) is 0 Å². The van der Waals surface area contributed by atoms with E-state index in [1.807, 2.05) is 27.2 Å². The van der Waals surface area contributed by atoms with E-state index in [2.05, 4.69) is 31.3 Å². The number of amides is 1. The molecule has 9 heteroatoms. The van der Waals surface area contributed by atoms with Crippen molar-refractivity contribution in [3.05, 3.63) is 24.3 Å². The van der Waals surface area contributed by atoms with Crippen LogP contribution in [0.5, 0.6) is 0 Å². The molecular formula is C45H89N2O6P. The minimum Gasteiger partial charge on any atom is -0.756 e. The number of nitrogens with one attached hydrogen (secondary N) is 1. The molecule has 0 aromatic carbocycles. The minimum absolute atomic E-state index is 0.000738. The van der Waals surface area contributed by atoms with Crippen LogP contribution in [0.25, 0.3) is 0 Å². The third-order valence-electron chi connectivity index (χ3n) is 10.2. The van der Waals surface area contributed by atoms with Gasteiger partial charge in [-0.25, -0.2) is 0 Å². The van der Waals surface area contributed by atoms with Crippen LogP contribution < -0.4 is 10.2 Å². The lowest BCUT2D eigenvalue weighted by Gasteiger charge is -2.29. The van der Waals surface area contributed by atoms with E-state index in [0.29, 0.717) is 17.4 Å². The highest BCUT2D eigenvalue weighted by Gasteiger charge is 2.23. The van der Waals surface area contributed by atoms with E-state index in [0.717, 1.165) is 38.5 Å². The molecule has 0 aliphatic carbocycles. The molecule has 8 nitrogen and oxygen atoms in total. The summed E-state index contributed by atoms with van der Waals surface area (Å²) in [6.07, 6.45) is 43.6. The van der Waals surface area contributed by atoms with Crippen molar-refractivity contribution in [2.75, 3.05) is 40.9 Å². The van der Waals surface area contributed by atoms with E-state index < -0.39 is 20.0 Å². The molecule has 1 amide bonds. The maximum Gasteiger partial charge on any atom is 0.268 e. The molecular weight excluding hydrogens is 695 g/mol. The summed E-state index contributed by atoms with van der Waals surface area (Å²) in [5.41, 5.74) is 0. The molecule has 2 N–H and O–H groups in total. The molecule has 0 radical (unpaired) electrons. The predicted molar refractivity (Wildman–Crippen MR) is 228 cm³/mol. The number of carbonyl (C=O) groups excluding carboxylic acids is 1. The van der Waals surface area contributed by atoms with Gasteiger partial charge < -0.3 is 28.8 Å². The average Bonchev–Trinajstić information content (AvgIpc) is 3.12. The van der Waals surface area contributed by atoms with Crippen LogP contribution in [0.3, 0.4) is 0 Å². The summed E-state index contributed by atoms with van der Waals surface area (Å²) < 4.78 is 23.2. The highest BCUT2D eigenvalue weighted by Crippen LogP contribution is 2.38. The van der Waals surface area contributed by atoms with Gasteiger partial charge in [-0.05, 0) is 44.9 Å². The number of hydrogen-bond donors (Lipinski definition) is 2. The number of nitrogens with zero attached hydrogens (tertiary/aromatic N) is 1. The van der Waals surface area contributed by atoms with Gasteiger partial charge in [-0.3, -0.25) is 9.36 Å². The fourth-order valence-corrected chi connectivity index (χ4v) is 7.22. The SMILES string of the molecule is CCCCCC/C=C\CCCCCCCCCC(=O)NC(COP(=O)([O-])OCC[N+](C)(C)C)C(O)/C=C/CCCCCCCCCCCCCCCCC. The Morgan fingerprint density at radius 1 is 0.630 bits per heavy atom. The van der Waals surface area contributed by atoms with Crippen molar-refractivity contribution in [2.45, 2.75) is 219 Å². The van der Waals surface area contributed by atoms with Crippen LogP contribution >= 0.6 is 7.82 Å². The van der Waals surface area contributed by atoms with Crippen molar-refractivity contribution in [1.82, 2.24) is 5.32 Å². The topological polar surface area (TPSA) is 108 Å². The van der Waals surface area contributed by atoms with Gasteiger partial charge in [0.2, 0.25) is 5.91 Å². The standard InChI is InChI=1S/C45H89N2O6P/c1-6-8-10-12-14-16-18-20-22-23-25-26-28-30-32-34-36-38-44(48)43(42-53-54(50,51)52-41-40-47(3,4)5)46-45(49)39-37-35-33-31-29-27-24-21-19-17-15-13-11-9-7-2/h17,19,36,38,43-44,48H,6-16,18,20-35,37,39-42H2,1-5H3,(H-,46,49,50,51)/b19-17-,38-36+. The average molecular weight is 785 g/mol. The van der Waals surface area contributed by atoms with Crippen molar-refractivity contribution in [1.29, 1.82) is 0 Å². The van der Waals surface area contributed by atoms with E-state index in [-0.39, 0.29) is 19.1 Å². The summed E-state index contributed by atoms with van der Waals surface area (Å²) in [5.74, 6) is -0.202. The van der Waals surface area contributed by atoms with Gasteiger partial charge in [-0.1, -0.05) is 179 Å². The molecule has 320 valence electrons. The Morgan fingerprint density at radius 2 is 1.02 bits per heavy atom. The first-order chi connectivity index (χ1) is 26.0. The van der Waals surface area contributed by atoms with E-state index >= 15 is 0 Å². The molecule has 0 aliphatic rings. The number of phosphoric acid groups is 1. The lowest BCUT2D eigenvalue weighted by atomic mass is 10.0. The second-order valence-electron chi connectivity index (χ2n) is 16.8. The number of allylic oxidation sites excluding steroid dienone is 3. The zero-order valence-corrected chi connectivity index (χ0v) is 37.1. The normalized spacial score (nSPS) is 14.6. The van der Waals surface area contributed by atoms with Gasteiger partial charge >= 0.3 is 0 Å². The van der Waals surface area contributed by atoms with E-state index in [1.54, 1.807) is 6.08 Å². The summed E-state index contributed by atoms with van der Waals surface area (Å²) in [6.45, 7) is 4.64. The van der Waals surface area contributed by atoms with Gasteiger partial charge in [-0.15, -0.1) is 0 Å². The molecule has 0 bridgehead atoms. The van der Waals surface area contributed by atoms with Crippen molar-refractivity contribution < 1.29 is 32.9 Å². The predicted octanol–water partition coefficient (Wildman–Crippen LogP) is 11.9. The molecule has 0 aromatic rings. The molecule has 0 rings (SSSR count). The van der Waals surface area contributed by atoms with Gasteiger partial charge in [0.25, 0.3) is 7.82 Å². The summed E-state index contributed by atoms with van der Waals surface area (Å²) in [6, 6.07) is -0.885. The van der Waals surface area contributed by atoms with Crippen LogP contribution in [0.2, 0.25) is 0 Å². The Hall–Kier alpha value is -1.02. The molecule has 0 heterocycles. The molecule has 3 atom stereocenters. The first kappa shape index (κ1) is 53.0. The lowest BCUT2D eigenvalue weighted by Crippen LogP contribution is -2.45. The number of hydrogen-bond acceptors (Lipinski definition) is 6. The van der Waals surface area contributed by atoms with Crippen molar-refractivity contribution in [2.24, 2.45) is 0 Å². The van der Waals surface area contributed by atoms with Crippen molar-refractivity contribution >= 4 is 13.7 Å². The quantitative estimate of drug-likeness (QED) is 0.0277. The molecule has 0 aromatic heterocycles. The number of quaternary nitrogens is 1. The van der Waals surface area contributed by atoms with Crippen molar-refractivity contribution in [3.63, 3.8) is 0 Å². The summed E-state index contributed by atoms with van der Waals surface area (Å²) in [5, 5.41) is 13.8. The number of aliphatic hydroxyl groups is 1. The van der Waals surface area contributed by atoms with Gasteiger partial charge in [-0.2, -0.15) is 0 Å². The Kier molecular flexibility index (Phi) is 36.8. The third-order valence-corrected chi connectivity index (χ3v) is 11.1. The van der Waals surface area contributed by atoms with Crippen molar-refractivity contribution in [3.8, 4) is 0 Å². The second-order valence-corrected chi connectivity index (χ2v) is 18.2. The number of carbonyl (C=O) groups is 1. The summed E-state index contributed by atoms with van der Waals surface area (Å²) in [7, 11) is 1.26. The van der Waals surface area contributed by atoms with E-state index in [9.17, 15) is 19.4 Å². The number of likely N-dealkylation sites (N-methyl/N-ethyl adjacent to an activating group) is 1. The Labute approximate surface area is 334 Å². The van der Waals surface area contributed by atoms with Crippen LogP contribution in [-0.4, -0.2) is 68.5 Å². The number of aliphatic hydroxyl groups excluding tert-OH is 1. The monoisotopic (exact) mass is 785 g/mol. The largest absolute Gasteiger partial charge is 0.756 e. The summed E-state index contributed by atoms with van der Waals surface area (Å²) in [4.78, 5) is 25.3. The maximum atomic E-state index is 12.8. The van der Waals surface area contributed by atoms with Crippen LogP contribution in [-0.2, 0) is 18.4 Å². The third kappa shape index (κ3) is 39.2. The van der Waals surface area contributed by atoms with Gasteiger partial charge in [0.1, 0.15) is 13.2 Å².